The summed E-state index contributed by atoms with van der Waals surface area (Å²) >= 11 is 0. The molecule has 130 valence electrons. The largest absolute Gasteiger partial charge is 0.345 e. The summed E-state index contributed by atoms with van der Waals surface area (Å²) in [7, 11) is 1.80. The van der Waals surface area contributed by atoms with Crippen LogP contribution in [0.25, 0.3) is 17.1 Å². The molecule has 0 radical (unpaired) electrons. The van der Waals surface area contributed by atoms with Crippen molar-refractivity contribution in [2.75, 3.05) is 0 Å². The maximum atomic E-state index is 12.2. The number of aryl methyl sites for hydroxylation is 1. The van der Waals surface area contributed by atoms with E-state index in [1.807, 2.05) is 13.8 Å². The number of hydrogen-bond acceptors (Lipinski definition) is 5. The first-order chi connectivity index (χ1) is 12.0. The Bertz CT molecular complexity index is 993. The van der Waals surface area contributed by atoms with Gasteiger partial charge in [-0.2, -0.15) is 5.10 Å². The van der Waals surface area contributed by atoms with E-state index < -0.39 is 0 Å². The van der Waals surface area contributed by atoms with Gasteiger partial charge in [-0.05, 0) is 26.0 Å². The Morgan fingerprint density at radius 3 is 2.92 bits per heavy atom. The molecule has 2 N–H and O–H groups in total. The molecule has 3 heterocycles. The van der Waals surface area contributed by atoms with Crippen LogP contribution in [-0.4, -0.2) is 35.4 Å². The monoisotopic (exact) mass is 341 g/mol. The molecular formula is C16H19N7O2. The molecule has 0 spiro atoms. The molecule has 25 heavy (non-hydrogen) atoms. The van der Waals surface area contributed by atoms with Gasteiger partial charge in [-0.15, -0.1) is 10.2 Å². The van der Waals surface area contributed by atoms with Gasteiger partial charge in [0.25, 0.3) is 5.56 Å². The molecule has 0 atom stereocenters. The molecule has 0 saturated heterocycles. The summed E-state index contributed by atoms with van der Waals surface area (Å²) in [6.07, 6.45) is 6.05. The molecule has 0 saturated carbocycles. The van der Waals surface area contributed by atoms with Crippen LogP contribution in [0.3, 0.4) is 0 Å². The molecule has 0 aliphatic carbocycles. The van der Waals surface area contributed by atoms with Crippen LogP contribution in [-0.2, 0) is 18.4 Å². The van der Waals surface area contributed by atoms with Crippen molar-refractivity contribution < 1.29 is 4.79 Å². The Morgan fingerprint density at radius 1 is 1.44 bits per heavy atom. The average molecular weight is 341 g/mol. The smallest absolute Gasteiger partial charge is 0.256 e. The van der Waals surface area contributed by atoms with E-state index >= 15 is 0 Å². The van der Waals surface area contributed by atoms with E-state index in [1.54, 1.807) is 34.9 Å². The third-order valence-electron chi connectivity index (χ3n) is 3.76. The number of hydrogen-bond donors (Lipinski definition) is 2. The molecule has 3 aromatic rings. The van der Waals surface area contributed by atoms with Crippen LogP contribution in [0.4, 0.5) is 0 Å². The molecule has 3 aromatic heterocycles. The van der Waals surface area contributed by atoms with E-state index in [1.165, 1.54) is 12.2 Å². The van der Waals surface area contributed by atoms with Crippen molar-refractivity contribution in [2.45, 2.75) is 26.4 Å². The Balaban J connectivity index is 1.74. The second-order valence-electron chi connectivity index (χ2n) is 5.95. The lowest BCUT2D eigenvalue weighted by Crippen LogP contribution is -2.22. The molecule has 0 fully saturated rings. The summed E-state index contributed by atoms with van der Waals surface area (Å²) in [5, 5.41) is 15.4. The van der Waals surface area contributed by atoms with Crippen molar-refractivity contribution >= 4 is 23.0 Å². The number of nitrogens with one attached hydrogen (secondary N) is 2. The van der Waals surface area contributed by atoms with E-state index in [-0.39, 0.29) is 24.1 Å². The Labute approximate surface area is 143 Å². The fourth-order valence-corrected chi connectivity index (χ4v) is 2.40. The highest BCUT2D eigenvalue weighted by Gasteiger charge is 2.09. The van der Waals surface area contributed by atoms with Crippen LogP contribution >= 0.6 is 0 Å². The topological polar surface area (TPSA) is 110 Å². The second-order valence-corrected chi connectivity index (χ2v) is 5.95. The molecule has 0 aromatic carbocycles. The van der Waals surface area contributed by atoms with Gasteiger partial charge in [-0.3, -0.25) is 9.59 Å². The zero-order valence-electron chi connectivity index (χ0n) is 14.2. The summed E-state index contributed by atoms with van der Waals surface area (Å²) in [4.78, 5) is 26.9. The lowest BCUT2D eigenvalue weighted by atomic mass is 10.2. The zero-order valence-corrected chi connectivity index (χ0v) is 14.2. The molecule has 0 aliphatic heterocycles. The van der Waals surface area contributed by atoms with Crippen LogP contribution in [0.5, 0.6) is 0 Å². The zero-order chi connectivity index (χ0) is 18.0. The third-order valence-corrected chi connectivity index (χ3v) is 3.76. The second kappa shape index (κ2) is 6.71. The summed E-state index contributed by atoms with van der Waals surface area (Å²) < 4.78 is 3.47. The highest BCUT2D eigenvalue weighted by Crippen LogP contribution is 2.15. The molecule has 9 nitrogen and oxygen atoms in total. The highest BCUT2D eigenvalue weighted by atomic mass is 16.1. The third kappa shape index (κ3) is 3.49. The SMILES string of the molecule is CC(C)n1ncc2cc(/C=C/C(=O)NCc3nncn3C)c(=O)[nH]c21. The first-order valence-corrected chi connectivity index (χ1v) is 7.85. The van der Waals surface area contributed by atoms with Crippen molar-refractivity contribution in [3.8, 4) is 0 Å². The van der Waals surface area contributed by atoms with Crippen LogP contribution < -0.4 is 10.9 Å². The number of H-pyrrole nitrogens is 1. The predicted octanol–water partition coefficient (Wildman–Crippen LogP) is 0.764. The normalized spacial score (nSPS) is 11.7. The van der Waals surface area contributed by atoms with Crippen molar-refractivity contribution in [2.24, 2.45) is 7.05 Å². The number of carbonyl (C=O) groups excluding carboxylic acids is 1. The summed E-state index contributed by atoms with van der Waals surface area (Å²) in [6.45, 7) is 4.23. The number of rotatable bonds is 5. The number of aromatic amines is 1. The summed E-state index contributed by atoms with van der Waals surface area (Å²) in [5.41, 5.74) is 0.792. The summed E-state index contributed by atoms with van der Waals surface area (Å²) in [6, 6.07) is 1.85. The van der Waals surface area contributed by atoms with Gasteiger partial charge in [0.15, 0.2) is 5.82 Å². The molecule has 0 aliphatic rings. The highest BCUT2D eigenvalue weighted by molar-refractivity contribution is 5.92. The minimum atomic E-state index is -0.319. The fourth-order valence-electron chi connectivity index (χ4n) is 2.40. The minimum Gasteiger partial charge on any atom is -0.345 e. The van der Waals surface area contributed by atoms with Gasteiger partial charge < -0.3 is 14.9 Å². The number of aromatic nitrogens is 6. The van der Waals surface area contributed by atoms with Crippen LogP contribution in [0.2, 0.25) is 0 Å². The van der Waals surface area contributed by atoms with Gasteiger partial charge in [-0.25, -0.2) is 4.68 Å². The van der Waals surface area contributed by atoms with Gasteiger partial charge in [0.1, 0.15) is 12.0 Å². The molecule has 1 amide bonds. The van der Waals surface area contributed by atoms with Crippen molar-refractivity contribution in [3.05, 3.63) is 46.4 Å². The Morgan fingerprint density at radius 2 is 2.24 bits per heavy atom. The lowest BCUT2D eigenvalue weighted by molar-refractivity contribution is -0.116. The Kier molecular flexibility index (Phi) is 4.46. The Hall–Kier alpha value is -3.23. The van der Waals surface area contributed by atoms with Gasteiger partial charge in [0, 0.05) is 30.1 Å². The maximum absolute atomic E-state index is 12.2. The van der Waals surface area contributed by atoms with Gasteiger partial charge >= 0.3 is 0 Å². The number of pyridine rings is 1. The van der Waals surface area contributed by atoms with Gasteiger partial charge in [-0.1, -0.05) is 0 Å². The van der Waals surface area contributed by atoms with Crippen molar-refractivity contribution in [1.82, 2.24) is 34.8 Å². The molecule has 9 heteroatoms. The number of amides is 1. The first-order valence-electron chi connectivity index (χ1n) is 7.85. The van der Waals surface area contributed by atoms with E-state index in [0.29, 0.717) is 17.0 Å². The van der Waals surface area contributed by atoms with Crippen molar-refractivity contribution in [3.63, 3.8) is 0 Å². The van der Waals surface area contributed by atoms with E-state index in [4.69, 9.17) is 0 Å². The maximum Gasteiger partial charge on any atom is 0.256 e. The first kappa shape index (κ1) is 16.6. The fraction of sp³-hybridized carbons (Fsp3) is 0.312. The van der Waals surface area contributed by atoms with E-state index in [9.17, 15) is 9.59 Å². The predicted molar refractivity (Wildman–Crippen MR) is 92.6 cm³/mol. The van der Waals surface area contributed by atoms with Gasteiger partial charge in [0.05, 0.1) is 12.7 Å². The molecule has 0 unspecified atom stereocenters. The minimum absolute atomic E-state index is 0.140. The molecule has 3 rings (SSSR count). The molecule has 0 bridgehead atoms. The van der Waals surface area contributed by atoms with E-state index in [2.05, 4.69) is 25.6 Å². The number of fused-ring (bicyclic) bond motifs is 1. The van der Waals surface area contributed by atoms with Crippen LogP contribution in [0, 0.1) is 0 Å². The average Bonchev–Trinajstić information content (AvgIpc) is 3.16. The number of nitrogens with zero attached hydrogens (tertiary/aromatic N) is 5. The standard InChI is InChI=1S/C16H19N7O2/c1-10(2)23-15-12(7-19-23)6-11(16(25)20-15)4-5-14(24)17-8-13-21-18-9-22(13)3/h4-7,9-10H,8H2,1-3H3,(H,17,24)(H,20,25)/b5-4+. The quantitative estimate of drug-likeness (QED) is 0.666. The van der Waals surface area contributed by atoms with Crippen LogP contribution in [0.1, 0.15) is 31.3 Å². The lowest BCUT2D eigenvalue weighted by Gasteiger charge is -2.06. The van der Waals surface area contributed by atoms with Gasteiger partial charge in [0.2, 0.25) is 5.91 Å². The van der Waals surface area contributed by atoms with E-state index in [0.717, 1.165) is 5.39 Å². The summed E-state index contributed by atoms with van der Waals surface area (Å²) in [5.74, 6) is 0.322. The van der Waals surface area contributed by atoms with Crippen LogP contribution in [0.15, 0.2) is 29.5 Å². The molecular weight excluding hydrogens is 322 g/mol. The van der Waals surface area contributed by atoms with Crippen molar-refractivity contribution in [1.29, 1.82) is 0 Å². The number of carbonyl (C=O) groups is 1.